The van der Waals surface area contributed by atoms with Crippen LogP contribution in [0.2, 0.25) is 5.02 Å². The van der Waals surface area contributed by atoms with Crippen LogP contribution in [-0.4, -0.2) is 10.9 Å². The Labute approximate surface area is 139 Å². The minimum atomic E-state index is -0.520. The summed E-state index contributed by atoms with van der Waals surface area (Å²) < 4.78 is 13.1. The van der Waals surface area contributed by atoms with Crippen LogP contribution in [0.15, 0.2) is 35.7 Å². The van der Waals surface area contributed by atoms with Gasteiger partial charge in [0.1, 0.15) is 15.7 Å². The standard InChI is InChI=1S/C15H10ClFN2OS2/c1-8-13(22-15(18-8)12-3-2-6-21-12)14(20)19-9-4-5-11(17)10(16)7-9/h2-7H,1H3,(H,19,20). The number of hydrogen-bond donors (Lipinski definition) is 1. The lowest BCUT2D eigenvalue weighted by molar-refractivity contribution is 0.103. The summed E-state index contributed by atoms with van der Waals surface area (Å²) in [6.45, 7) is 1.79. The van der Waals surface area contributed by atoms with Crippen molar-refractivity contribution in [3.8, 4) is 9.88 Å². The summed E-state index contributed by atoms with van der Waals surface area (Å²) in [4.78, 5) is 18.3. The van der Waals surface area contributed by atoms with Crippen molar-refractivity contribution < 1.29 is 9.18 Å². The predicted molar refractivity (Wildman–Crippen MR) is 89.5 cm³/mol. The number of hydrogen-bond acceptors (Lipinski definition) is 4. The molecule has 0 bridgehead atoms. The number of carbonyl (C=O) groups excluding carboxylic acids is 1. The summed E-state index contributed by atoms with van der Waals surface area (Å²) in [6.07, 6.45) is 0. The van der Waals surface area contributed by atoms with Gasteiger partial charge in [0, 0.05) is 5.69 Å². The Morgan fingerprint density at radius 3 is 2.86 bits per heavy atom. The molecule has 7 heteroatoms. The SMILES string of the molecule is Cc1nc(-c2cccs2)sc1C(=O)Nc1ccc(F)c(Cl)c1. The third-order valence-electron chi connectivity index (χ3n) is 2.91. The lowest BCUT2D eigenvalue weighted by atomic mass is 10.3. The number of nitrogens with zero attached hydrogens (tertiary/aromatic N) is 1. The van der Waals surface area contributed by atoms with Crippen molar-refractivity contribution in [3.05, 3.63) is 57.1 Å². The Morgan fingerprint density at radius 2 is 2.18 bits per heavy atom. The van der Waals surface area contributed by atoms with E-state index >= 15 is 0 Å². The second kappa shape index (κ2) is 6.16. The average Bonchev–Trinajstić information content (AvgIpc) is 3.12. The highest BCUT2D eigenvalue weighted by Crippen LogP contribution is 2.31. The van der Waals surface area contributed by atoms with Crippen molar-refractivity contribution in [2.45, 2.75) is 6.92 Å². The molecule has 0 aliphatic rings. The first-order valence-electron chi connectivity index (χ1n) is 6.32. The maximum Gasteiger partial charge on any atom is 0.267 e. The molecular weight excluding hydrogens is 343 g/mol. The molecule has 3 aromatic rings. The second-order valence-electron chi connectivity index (χ2n) is 4.49. The van der Waals surface area contributed by atoms with Crippen LogP contribution in [0.25, 0.3) is 9.88 Å². The normalized spacial score (nSPS) is 10.7. The van der Waals surface area contributed by atoms with Crippen LogP contribution in [0, 0.1) is 12.7 Å². The number of anilines is 1. The maximum atomic E-state index is 13.1. The third-order valence-corrected chi connectivity index (χ3v) is 5.40. The van der Waals surface area contributed by atoms with Gasteiger partial charge in [-0.3, -0.25) is 4.79 Å². The number of aromatic nitrogens is 1. The number of thiazole rings is 1. The van der Waals surface area contributed by atoms with Crippen molar-refractivity contribution in [2.24, 2.45) is 0 Å². The summed E-state index contributed by atoms with van der Waals surface area (Å²) >= 11 is 8.62. The molecule has 0 unspecified atom stereocenters. The number of benzene rings is 1. The van der Waals surface area contributed by atoms with Gasteiger partial charge in [0.05, 0.1) is 15.6 Å². The Morgan fingerprint density at radius 1 is 1.36 bits per heavy atom. The van der Waals surface area contributed by atoms with Crippen molar-refractivity contribution >= 4 is 45.9 Å². The molecule has 0 aliphatic heterocycles. The smallest absolute Gasteiger partial charge is 0.267 e. The molecule has 1 N–H and O–H groups in total. The maximum absolute atomic E-state index is 13.1. The van der Waals surface area contributed by atoms with E-state index in [0.29, 0.717) is 16.3 Å². The van der Waals surface area contributed by atoms with Gasteiger partial charge in [-0.15, -0.1) is 22.7 Å². The molecular formula is C15H10ClFN2OS2. The monoisotopic (exact) mass is 352 g/mol. The summed E-state index contributed by atoms with van der Waals surface area (Å²) in [5.74, 6) is -0.797. The highest BCUT2D eigenvalue weighted by atomic mass is 35.5. The van der Waals surface area contributed by atoms with Gasteiger partial charge in [-0.2, -0.15) is 0 Å². The molecule has 0 aliphatic carbocycles. The molecule has 0 spiro atoms. The van der Waals surface area contributed by atoms with E-state index in [0.717, 1.165) is 9.88 Å². The zero-order valence-electron chi connectivity index (χ0n) is 11.4. The fraction of sp³-hybridized carbons (Fsp3) is 0.0667. The second-order valence-corrected chi connectivity index (χ2v) is 6.85. The largest absolute Gasteiger partial charge is 0.321 e. The number of thiophene rings is 1. The molecule has 2 heterocycles. The molecule has 3 rings (SSSR count). The first-order valence-corrected chi connectivity index (χ1v) is 8.39. The van der Waals surface area contributed by atoms with E-state index < -0.39 is 5.82 Å². The summed E-state index contributed by atoms with van der Waals surface area (Å²) in [7, 11) is 0. The van der Waals surface area contributed by atoms with Crippen LogP contribution >= 0.6 is 34.3 Å². The molecule has 0 saturated carbocycles. The first-order chi connectivity index (χ1) is 10.5. The summed E-state index contributed by atoms with van der Waals surface area (Å²) in [5.41, 5.74) is 1.11. The van der Waals surface area contributed by atoms with Crippen LogP contribution in [0.4, 0.5) is 10.1 Å². The van der Waals surface area contributed by atoms with Gasteiger partial charge >= 0.3 is 0 Å². The number of amides is 1. The molecule has 0 radical (unpaired) electrons. The number of halogens is 2. The zero-order valence-corrected chi connectivity index (χ0v) is 13.8. The van der Waals surface area contributed by atoms with E-state index in [4.69, 9.17) is 11.6 Å². The lowest BCUT2D eigenvalue weighted by Crippen LogP contribution is -2.11. The molecule has 1 aromatic carbocycles. The Kier molecular flexibility index (Phi) is 4.24. The van der Waals surface area contributed by atoms with E-state index in [1.165, 1.54) is 29.5 Å². The fourth-order valence-corrected chi connectivity index (χ4v) is 3.81. The number of carbonyl (C=O) groups is 1. The zero-order chi connectivity index (χ0) is 15.7. The Hall–Kier alpha value is -1.76. The van der Waals surface area contributed by atoms with Gasteiger partial charge < -0.3 is 5.32 Å². The van der Waals surface area contributed by atoms with Gasteiger partial charge in [-0.25, -0.2) is 9.37 Å². The number of rotatable bonds is 3. The highest BCUT2D eigenvalue weighted by Gasteiger charge is 2.17. The number of aryl methyl sites for hydroxylation is 1. The van der Waals surface area contributed by atoms with Crippen LogP contribution in [-0.2, 0) is 0 Å². The van der Waals surface area contributed by atoms with E-state index in [-0.39, 0.29) is 10.9 Å². The molecule has 112 valence electrons. The molecule has 0 atom stereocenters. The average molecular weight is 353 g/mol. The fourth-order valence-electron chi connectivity index (χ4n) is 1.87. The molecule has 3 nitrogen and oxygen atoms in total. The lowest BCUT2D eigenvalue weighted by Gasteiger charge is -2.04. The third kappa shape index (κ3) is 3.04. The topological polar surface area (TPSA) is 42.0 Å². The van der Waals surface area contributed by atoms with Crippen LogP contribution in [0.3, 0.4) is 0 Å². The minimum absolute atomic E-state index is 0.0295. The molecule has 0 fully saturated rings. The predicted octanol–water partition coefficient (Wildman–Crippen LogP) is 5.22. The van der Waals surface area contributed by atoms with E-state index in [9.17, 15) is 9.18 Å². The van der Waals surface area contributed by atoms with E-state index in [1.54, 1.807) is 18.3 Å². The van der Waals surface area contributed by atoms with Gasteiger partial charge in [0.2, 0.25) is 0 Å². The summed E-state index contributed by atoms with van der Waals surface area (Å²) in [6, 6.07) is 7.97. The molecule has 1 amide bonds. The first kappa shape index (κ1) is 15.1. The van der Waals surface area contributed by atoms with Gasteiger partial charge in [0.15, 0.2) is 0 Å². The molecule has 22 heavy (non-hydrogen) atoms. The highest BCUT2D eigenvalue weighted by molar-refractivity contribution is 7.22. The molecule has 0 saturated heterocycles. The van der Waals surface area contributed by atoms with Crippen LogP contribution < -0.4 is 5.32 Å². The van der Waals surface area contributed by atoms with E-state index in [1.807, 2.05) is 17.5 Å². The summed E-state index contributed by atoms with van der Waals surface area (Å²) in [5, 5.41) is 5.46. The van der Waals surface area contributed by atoms with Crippen LogP contribution in [0.5, 0.6) is 0 Å². The Balaban J connectivity index is 1.84. The van der Waals surface area contributed by atoms with Gasteiger partial charge in [0.25, 0.3) is 5.91 Å². The van der Waals surface area contributed by atoms with Crippen molar-refractivity contribution in [2.75, 3.05) is 5.32 Å². The van der Waals surface area contributed by atoms with Gasteiger partial charge in [-0.1, -0.05) is 17.7 Å². The van der Waals surface area contributed by atoms with E-state index in [2.05, 4.69) is 10.3 Å². The van der Waals surface area contributed by atoms with Crippen LogP contribution in [0.1, 0.15) is 15.4 Å². The molecule has 2 aromatic heterocycles. The van der Waals surface area contributed by atoms with Gasteiger partial charge in [-0.05, 0) is 36.6 Å². The van der Waals surface area contributed by atoms with Crippen molar-refractivity contribution in [1.29, 1.82) is 0 Å². The van der Waals surface area contributed by atoms with Crippen molar-refractivity contribution in [1.82, 2.24) is 4.98 Å². The van der Waals surface area contributed by atoms with Crippen molar-refractivity contribution in [3.63, 3.8) is 0 Å². The number of nitrogens with one attached hydrogen (secondary N) is 1. The Bertz CT molecular complexity index is 830. The quantitative estimate of drug-likeness (QED) is 0.701. The minimum Gasteiger partial charge on any atom is -0.321 e.